The third-order valence-electron chi connectivity index (χ3n) is 3.92. The minimum atomic E-state index is -0.178. The Morgan fingerprint density at radius 2 is 1.95 bits per heavy atom. The summed E-state index contributed by atoms with van der Waals surface area (Å²) < 4.78 is 0. The minimum absolute atomic E-state index is 0.102. The van der Waals surface area contributed by atoms with Crippen LogP contribution >= 0.6 is 0 Å². The van der Waals surface area contributed by atoms with Gasteiger partial charge in [-0.15, -0.1) is 0 Å². The zero-order valence-electron chi connectivity index (χ0n) is 12.6. The van der Waals surface area contributed by atoms with E-state index >= 15 is 0 Å². The molecule has 1 aliphatic rings. The minimum Gasteiger partial charge on any atom is -0.268 e. The van der Waals surface area contributed by atoms with E-state index in [0.717, 1.165) is 17.5 Å². The molecule has 1 aliphatic heterocycles. The second kappa shape index (κ2) is 5.98. The molecule has 2 aromatic carbocycles. The molecule has 0 aromatic heterocycles. The molecule has 0 saturated heterocycles. The highest BCUT2D eigenvalue weighted by atomic mass is 16.2. The van der Waals surface area contributed by atoms with Gasteiger partial charge in [-0.05, 0) is 36.1 Å². The standard InChI is InChI=1S/C19H18N2O/c1-3-19(22)21-18(12-15-10-8-14(2)9-11-15)17-7-5-4-6-16(17)13-20-21/h3-11,13,18H,1,12H2,2H3. The number of hydrazone groups is 1. The van der Waals surface area contributed by atoms with Crippen LogP contribution in [0.4, 0.5) is 0 Å². The Hall–Kier alpha value is -2.68. The molecule has 0 saturated carbocycles. The predicted octanol–water partition coefficient (Wildman–Crippen LogP) is 3.64. The van der Waals surface area contributed by atoms with E-state index < -0.39 is 0 Å². The van der Waals surface area contributed by atoms with E-state index in [1.165, 1.54) is 22.2 Å². The summed E-state index contributed by atoms with van der Waals surface area (Å²) in [6, 6.07) is 16.4. The van der Waals surface area contributed by atoms with Gasteiger partial charge in [0.05, 0.1) is 12.3 Å². The Labute approximate surface area is 130 Å². The maximum absolute atomic E-state index is 12.1. The van der Waals surface area contributed by atoms with E-state index in [1.807, 2.05) is 18.2 Å². The number of fused-ring (bicyclic) bond motifs is 1. The van der Waals surface area contributed by atoms with Crippen molar-refractivity contribution in [3.8, 4) is 0 Å². The van der Waals surface area contributed by atoms with Crippen molar-refractivity contribution in [1.29, 1.82) is 0 Å². The molecule has 1 atom stereocenters. The largest absolute Gasteiger partial charge is 0.268 e. The van der Waals surface area contributed by atoms with E-state index in [0.29, 0.717) is 0 Å². The summed E-state index contributed by atoms with van der Waals surface area (Å²) in [7, 11) is 0. The molecule has 3 nitrogen and oxygen atoms in total. The summed E-state index contributed by atoms with van der Waals surface area (Å²) >= 11 is 0. The molecule has 3 heteroatoms. The van der Waals surface area contributed by atoms with Crippen LogP contribution < -0.4 is 0 Å². The summed E-state index contributed by atoms with van der Waals surface area (Å²) in [6.45, 7) is 5.65. The van der Waals surface area contributed by atoms with Gasteiger partial charge in [-0.25, -0.2) is 5.01 Å². The van der Waals surface area contributed by atoms with Crippen LogP contribution in [0.3, 0.4) is 0 Å². The second-order valence-electron chi connectivity index (χ2n) is 5.47. The smallest absolute Gasteiger partial charge is 0.266 e. The summed E-state index contributed by atoms with van der Waals surface area (Å²) in [5.41, 5.74) is 4.59. The number of carbonyl (C=O) groups excluding carboxylic acids is 1. The Bertz CT molecular complexity index is 731. The Morgan fingerprint density at radius 1 is 1.23 bits per heavy atom. The Kier molecular flexibility index (Phi) is 3.88. The lowest BCUT2D eigenvalue weighted by molar-refractivity contribution is -0.128. The highest BCUT2D eigenvalue weighted by Gasteiger charge is 2.28. The van der Waals surface area contributed by atoms with Crippen molar-refractivity contribution in [1.82, 2.24) is 5.01 Å². The highest BCUT2D eigenvalue weighted by molar-refractivity contribution is 5.91. The van der Waals surface area contributed by atoms with Crippen LogP contribution in [0, 0.1) is 6.92 Å². The first-order valence-electron chi connectivity index (χ1n) is 7.33. The van der Waals surface area contributed by atoms with Gasteiger partial charge in [0.1, 0.15) is 0 Å². The van der Waals surface area contributed by atoms with Crippen LogP contribution in [-0.4, -0.2) is 17.1 Å². The van der Waals surface area contributed by atoms with Gasteiger partial charge in [-0.1, -0.05) is 60.7 Å². The van der Waals surface area contributed by atoms with Gasteiger partial charge in [-0.3, -0.25) is 4.79 Å². The lowest BCUT2D eigenvalue weighted by Gasteiger charge is -2.31. The first-order chi connectivity index (χ1) is 10.7. The van der Waals surface area contributed by atoms with Gasteiger partial charge >= 0.3 is 0 Å². The van der Waals surface area contributed by atoms with Crippen LogP contribution in [0.2, 0.25) is 0 Å². The maximum atomic E-state index is 12.1. The highest BCUT2D eigenvalue weighted by Crippen LogP contribution is 2.31. The van der Waals surface area contributed by atoms with E-state index in [4.69, 9.17) is 0 Å². The number of benzene rings is 2. The van der Waals surface area contributed by atoms with Gasteiger partial charge in [0, 0.05) is 0 Å². The van der Waals surface area contributed by atoms with Crippen LogP contribution in [0.1, 0.15) is 28.3 Å². The molecular formula is C19H18N2O. The number of aryl methyl sites for hydroxylation is 1. The Morgan fingerprint density at radius 3 is 2.68 bits per heavy atom. The normalized spacial score (nSPS) is 16.2. The molecule has 1 unspecified atom stereocenters. The molecule has 22 heavy (non-hydrogen) atoms. The molecule has 1 amide bonds. The fourth-order valence-corrected chi connectivity index (χ4v) is 2.72. The fraction of sp³-hybridized carbons (Fsp3) is 0.158. The first kappa shape index (κ1) is 14.3. The van der Waals surface area contributed by atoms with Crippen molar-refractivity contribution in [2.75, 3.05) is 0 Å². The van der Waals surface area contributed by atoms with Crippen LogP contribution in [0.5, 0.6) is 0 Å². The SMILES string of the molecule is C=CC(=O)N1N=Cc2ccccc2C1Cc1ccc(C)cc1. The molecule has 0 aliphatic carbocycles. The maximum Gasteiger partial charge on any atom is 0.266 e. The molecule has 0 radical (unpaired) electrons. The molecule has 1 heterocycles. The molecule has 2 aromatic rings. The zero-order valence-corrected chi connectivity index (χ0v) is 12.6. The van der Waals surface area contributed by atoms with Crippen LogP contribution in [0.15, 0.2) is 66.3 Å². The molecule has 0 fully saturated rings. The molecule has 110 valence electrons. The number of carbonyl (C=O) groups is 1. The van der Waals surface area contributed by atoms with Gasteiger partial charge in [0.15, 0.2) is 0 Å². The summed E-state index contributed by atoms with van der Waals surface area (Å²) in [6.07, 6.45) is 3.78. The van der Waals surface area contributed by atoms with Gasteiger partial charge in [-0.2, -0.15) is 5.10 Å². The lowest BCUT2D eigenvalue weighted by Crippen LogP contribution is -2.33. The molecule has 0 N–H and O–H groups in total. The summed E-state index contributed by atoms with van der Waals surface area (Å²) in [4.78, 5) is 12.1. The van der Waals surface area contributed by atoms with Gasteiger partial charge in [0.2, 0.25) is 0 Å². The topological polar surface area (TPSA) is 32.7 Å². The van der Waals surface area contributed by atoms with Crippen molar-refractivity contribution in [3.63, 3.8) is 0 Å². The molecule has 0 bridgehead atoms. The Balaban J connectivity index is 1.98. The van der Waals surface area contributed by atoms with Gasteiger partial charge in [0.25, 0.3) is 5.91 Å². The number of hydrogen-bond donors (Lipinski definition) is 0. The number of hydrogen-bond acceptors (Lipinski definition) is 2. The summed E-state index contributed by atoms with van der Waals surface area (Å²) in [5, 5.41) is 5.85. The zero-order chi connectivity index (χ0) is 15.5. The van der Waals surface area contributed by atoms with Crippen molar-refractivity contribution in [3.05, 3.63) is 83.4 Å². The van der Waals surface area contributed by atoms with Crippen molar-refractivity contribution in [2.24, 2.45) is 5.10 Å². The third-order valence-corrected chi connectivity index (χ3v) is 3.92. The molecular weight excluding hydrogens is 272 g/mol. The fourth-order valence-electron chi connectivity index (χ4n) is 2.72. The van der Waals surface area contributed by atoms with Crippen LogP contribution in [0.25, 0.3) is 0 Å². The average molecular weight is 290 g/mol. The average Bonchev–Trinajstić information content (AvgIpc) is 2.56. The number of amides is 1. The quantitative estimate of drug-likeness (QED) is 0.794. The number of rotatable bonds is 3. The monoisotopic (exact) mass is 290 g/mol. The van der Waals surface area contributed by atoms with Crippen molar-refractivity contribution in [2.45, 2.75) is 19.4 Å². The predicted molar refractivity (Wildman–Crippen MR) is 88.7 cm³/mol. The first-order valence-corrected chi connectivity index (χ1v) is 7.33. The molecule has 3 rings (SSSR count). The van der Waals surface area contributed by atoms with E-state index in [2.05, 4.69) is 48.9 Å². The molecule has 0 spiro atoms. The third kappa shape index (κ3) is 2.70. The van der Waals surface area contributed by atoms with Crippen LogP contribution in [-0.2, 0) is 11.2 Å². The second-order valence-corrected chi connectivity index (χ2v) is 5.47. The van der Waals surface area contributed by atoms with E-state index in [9.17, 15) is 4.79 Å². The van der Waals surface area contributed by atoms with Gasteiger partial charge < -0.3 is 0 Å². The van der Waals surface area contributed by atoms with Crippen molar-refractivity contribution >= 4 is 12.1 Å². The lowest BCUT2D eigenvalue weighted by atomic mass is 9.93. The number of nitrogens with zero attached hydrogens (tertiary/aromatic N) is 2. The van der Waals surface area contributed by atoms with Crippen molar-refractivity contribution < 1.29 is 4.79 Å². The van der Waals surface area contributed by atoms with E-state index in [1.54, 1.807) is 6.21 Å². The van der Waals surface area contributed by atoms with E-state index in [-0.39, 0.29) is 11.9 Å². The summed E-state index contributed by atoms with van der Waals surface area (Å²) in [5.74, 6) is -0.178.